The monoisotopic (exact) mass is 362 g/mol. The summed E-state index contributed by atoms with van der Waals surface area (Å²) in [5, 5.41) is 1.63. The van der Waals surface area contributed by atoms with Gasteiger partial charge in [-0.1, -0.05) is 45.2 Å². The molecule has 2 aromatic rings. The molecule has 0 amide bonds. The summed E-state index contributed by atoms with van der Waals surface area (Å²) in [6, 6.07) is 9.78. The lowest BCUT2D eigenvalue weighted by Crippen LogP contribution is -1.98. The first kappa shape index (κ1) is 14.6. The molecule has 0 N–H and O–H groups in total. The van der Waals surface area contributed by atoms with E-state index in [1.54, 1.807) is 24.3 Å². The van der Waals surface area contributed by atoms with Crippen LogP contribution in [0.2, 0.25) is 10.0 Å². The maximum atomic E-state index is 13.3. The summed E-state index contributed by atoms with van der Waals surface area (Å²) in [4.78, 5) is 0. The summed E-state index contributed by atoms with van der Waals surface area (Å²) < 4.78 is 18.9. The Hall–Kier alpha value is -0.770. The highest BCUT2D eigenvalue weighted by molar-refractivity contribution is 9.08. The lowest BCUT2D eigenvalue weighted by Gasteiger charge is -2.10. The third kappa shape index (κ3) is 3.85. The first-order valence-corrected chi connectivity index (χ1v) is 7.39. The summed E-state index contributed by atoms with van der Waals surface area (Å²) in [6.45, 7) is 0.198. The Morgan fingerprint density at radius 3 is 2.42 bits per heavy atom. The fourth-order valence-electron chi connectivity index (χ4n) is 1.61. The van der Waals surface area contributed by atoms with Crippen LogP contribution in [0.25, 0.3) is 0 Å². The van der Waals surface area contributed by atoms with Crippen molar-refractivity contribution < 1.29 is 9.13 Å². The zero-order valence-corrected chi connectivity index (χ0v) is 12.9. The number of rotatable bonds is 4. The molecule has 100 valence electrons. The number of ether oxygens (including phenoxy) is 1. The van der Waals surface area contributed by atoms with Gasteiger partial charge in [0.05, 0.1) is 0 Å². The van der Waals surface area contributed by atoms with Gasteiger partial charge in [-0.25, -0.2) is 4.39 Å². The number of benzene rings is 2. The van der Waals surface area contributed by atoms with Crippen LogP contribution in [0, 0.1) is 5.82 Å². The van der Waals surface area contributed by atoms with Gasteiger partial charge in [0.1, 0.15) is 18.2 Å². The van der Waals surface area contributed by atoms with Gasteiger partial charge in [-0.05, 0) is 29.8 Å². The van der Waals surface area contributed by atoms with E-state index in [0.717, 1.165) is 5.56 Å². The largest absolute Gasteiger partial charge is 0.489 e. The molecule has 0 radical (unpaired) electrons. The highest BCUT2D eigenvalue weighted by Gasteiger charge is 2.07. The standard InChI is InChI=1S/C14H10BrCl2FO/c15-7-9-4-10(18)6-11(5-9)19-8-12-13(16)2-1-3-14(12)17/h1-6H,7-8H2. The molecular formula is C14H10BrCl2FO. The zero-order chi connectivity index (χ0) is 13.8. The molecule has 0 saturated heterocycles. The van der Waals surface area contributed by atoms with Crippen molar-refractivity contribution in [3.63, 3.8) is 0 Å². The second-order valence-electron chi connectivity index (χ2n) is 3.92. The second-order valence-corrected chi connectivity index (χ2v) is 5.29. The van der Waals surface area contributed by atoms with Gasteiger partial charge in [0.25, 0.3) is 0 Å². The molecule has 0 spiro atoms. The van der Waals surface area contributed by atoms with Crippen LogP contribution in [0.5, 0.6) is 5.75 Å². The Labute approximate surface area is 129 Å². The number of halogens is 4. The van der Waals surface area contributed by atoms with E-state index in [1.165, 1.54) is 12.1 Å². The Bertz CT molecular complexity index is 569. The molecule has 0 bridgehead atoms. The van der Waals surface area contributed by atoms with Crippen LogP contribution in [0.1, 0.15) is 11.1 Å². The first-order chi connectivity index (χ1) is 9.10. The Kier molecular flexibility index (Phi) is 5.08. The van der Waals surface area contributed by atoms with Crippen LogP contribution < -0.4 is 4.74 Å². The van der Waals surface area contributed by atoms with E-state index in [-0.39, 0.29) is 12.4 Å². The third-order valence-corrected chi connectivity index (χ3v) is 3.89. The molecule has 0 atom stereocenters. The van der Waals surface area contributed by atoms with Crippen molar-refractivity contribution >= 4 is 39.1 Å². The Morgan fingerprint density at radius 1 is 1.11 bits per heavy atom. The van der Waals surface area contributed by atoms with Gasteiger partial charge in [0, 0.05) is 27.0 Å². The topological polar surface area (TPSA) is 9.23 Å². The van der Waals surface area contributed by atoms with E-state index in [2.05, 4.69) is 15.9 Å². The fourth-order valence-corrected chi connectivity index (χ4v) is 2.44. The molecule has 5 heteroatoms. The van der Waals surface area contributed by atoms with Gasteiger partial charge in [-0.3, -0.25) is 0 Å². The molecule has 0 saturated carbocycles. The molecule has 0 aliphatic carbocycles. The summed E-state index contributed by atoms with van der Waals surface area (Å²) in [5.74, 6) is 0.114. The van der Waals surface area contributed by atoms with Crippen LogP contribution in [0.3, 0.4) is 0 Å². The highest BCUT2D eigenvalue weighted by Crippen LogP contribution is 2.26. The molecule has 1 nitrogen and oxygen atoms in total. The van der Waals surface area contributed by atoms with E-state index >= 15 is 0 Å². The minimum absolute atomic E-state index is 0.198. The minimum Gasteiger partial charge on any atom is -0.489 e. The highest BCUT2D eigenvalue weighted by atomic mass is 79.9. The van der Waals surface area contributed by atoms with Gasteiger partial charge >= 0.3 is 0 Å². The van der Waals surface area contributed by atoms with Crippen molar-refractivity contribution in [2.24, 2.45) is 0 Å². The smallest absolute Gasteiger partial charge is 0.127 e. The second kappa shape index (κ2) is 6.60. The molecule has 19 heavy (non-hydrogen) atoms. The van der Waals surface area contributed by atoms with Crippen LogP contribution in [-0.2, 0) is 11.9 Å². The van der Waals surface area contributed by atoms with Gasteiger partial charge < -0.3 is 4.74 Å². The molecule has 0 fully saturated rings. The zero-order valence-electron chi connectivity index (χ0n) is 9.80. The van der Waals surface area contributed by atoms with E-state index in [9.17, 15) is 4.39 Å². The summed E-state index contributed by atoms with van der Waals surface area (Å²) in [6.07, 6.45) is 0. The first-order valence-electron chi connectivity index (χ1n) is 5.51. The van der Waals surface area contributed by atoms with Crippen LogP contribution in [0.15, 0.2) is 36.4 Å². The predicted molar refractivity (Wildman–Crippen MR) is 79.8 cm³/mol. The van der Waals surface area contributed by atoms with Crippen molar-refractivity contribution in [3.8, 4) is 5.75 Å². The van der Waals surface area contributed by atoms with Crippen molar-refractivity contribution in [1.29, 1.82) is 0 Å². The molecule has 0 aliphatic heterocycles. The molecule has 0 aromatic heterocycles. The molecule has 2 aromatic carbocycles. The number of hydrogen-bond donors (Lipinski definition) is 0. The van der Waals surface area contributed by atoms with E-state index in [1.807, 2.05) is 0 Å². The predicted octanol–water partition coefficient (Wildman–Crippen LogP) is 5.61. The SMILES string of the molecule is Fc1cc(CBr)cc(OCc2c(Cl)cccc2Cl)c1. The fraction of sp³-hybridized carbons (Fsp3) is 0.143. The van der Waals surface area contributed by atoms with Crippen LogP contribution >= 0.6 is 39.1 Å². The summed E-state index contributed by atoms with van der Waals surface area (Å²) in [5.41, 5.74) is 1.50. The molecule has 0 heterocycles. The average molecular weight is 364 g/mol. The van der Waals surface area contributed by atoms with Crippen molar-refractivity contribution in [1.82, 2.24) is 0 Å². The lowest BCUT2D eigenvalue weighted by atomic mass is 10.2. The number of hydrogen-bond acceptors (Lipinski definition) is 1. The molecular weight excluding hydrogens is 354 g/mol. The normalized spacial score (nSPS) is 10.5. The Morgan fingerprint density at radius 2 is 1.79 bits per heavy atom. The summed E-state index contributed by atoms with van der Waals surface area (Å²) in [7, 11) is 0. The van der Waals surface area contributed by atoms with Crippen LogP contribution in [0.4, 0.5) is 4.39 Å². The average Bonchev–Trinajstić information content (AvgIpc) is 2.37. The lowest BCUT2D eigenvalue weighted by molar-refractivity contribution is 0.304. The van der Waals surface area contributed by atoms with Crippen molar-refractivity contribution in [2.75, 3.05) is 0 Å². The van der Waals surface area contributed by atoms with Gasteiger partial charge in [0.2, 0.25) is 0 Å². The van der Waals surface area contributed by atoms with E-state index in [4.69, 9.17) is 27.9 Å². The minimum atomic E-state index is -0.336. The van der Waals surface area contributed by atoms with Gasteiger partial charge in [-0.2, -0.15) is 0 Å². The Balaban J connectivity index is 2.16. The quantitative estimate of drug-likeness (QED) is 0.642. The molecule has 0 aliphatic rings. The van der Waals surface area contributed by atoms with Crippen molar-refractivity contribution in [3.05, 3.63) is 63.4 Å². The maximum Gasteiger partial charge on any atom is 0.127 e. The van der Waals surface area contributed by atoms with Crippen LogP contribution in [-0.4, -0.2) is 0 Å². The maximum absolute atomic E-state index is 13.3. The molecule has 0 unspecified atom stereocenters. The van der Waals surface area contributed by atoms with Gasteiger partial charge in [-0.15, -0.1) is 0 Å². The van der Waals surface area contributed by atoms with Gasteiger partial charge in [0.15, 0.2) is 0 Å². The molecule has 2 rings (SSSR count). The van der Waals surface area contributed by atoms with E-state index in [0.29, 0.717) is 26.7 Å². The van der Waals surface area contributed by atoms with E-state index < -0.39 is 0 Å². The third-order valence-electron chi connectivity index (χ3n) is 2.53. The number of alkyl halides is 1. The van der Waals surface area contributed by atoms with Crippen molar-refractivity contribution in [2.45, 2.75) is 11.9 Å². The summed E-state index contributed by atoms with van der Waals surface area (Å²) >= 11 is 15.4.